The van der Waals surface area contributed by atoms with Crippen LogP contribution in [0.1, 0.15) is 47.7 Å². The first-order chi connectivity index (χ1) is 11.1. The molecule has 23 heavy (non-hydrogen) atoms. The van der Waals surface area contributed by atoms with Gasteiger partial charge in [-0.3, -0.25) is 19.6 Å². The highest BCUT2D eigenvalue weighted by Gasteiger charge is 2.29. The number of hydrogen-bond acceptors (Lipinski definition) is 6. The molecule has 1 aliphatic heterocycles. The Hall–Kier alpha value is -2.77. The molecule has 2 aromatic rings. The molecule has 0 spiro atoms. The molecule has 1 aliphatic rings. The minimum absolute atomic E-state index is 0.0371. The Bertz CT molecular complexity index is 701. The number of nitrogens with one attached hydrogen (secondary N) is 1. The molecule has 0 saturated carbocycles. The highest BCUT2D eigenvalue weighted by Crippen LogP contribution is 2.30. The maximum Gasteiger partial charge on any atom is 0.290 e. The first-order valence-electron chi connectivity index (χ1n) is 7.42. The van der Waals surface area contributed by atoms with Crippen molar-refractivity contribution in [2.24, 2.45) is 0 Å². The summed E-state index contributed by atoms with van der Waals surface area (Å²) in [6.45, 7) is 2.54. The predicted octanol–water partition coefficient (Wildman–Crippen LogP) is 1.08. The molecule has 0 unspecified atom stereocenters. The highest BCUT2D eigenvalue weighted by atomic mass is 16.5. The Morgan fingerprint density at radius 2 is 2.30 bits per heavy atom. The Labute approximate surface area is 132 Å². The summed E-state index contributed by atoms with van der Waals surface area (Å²) in [4.78, 5) is 34.0. The van der Waals surface area contributed by atoms with E-state index in [2.05, 4.69) is 20.4 Å². The third kappa shape index (κ3) is 3.36. The van der Waals surface area contributed by atoms with E-state index in [9.17, 15) is 9.59 Å². The summed E-state index contributed by atoms with van der Waals surface area (Å²) in [5, 5.41) is 6.19. The molecule has 0 radical (unpaired) electrons. The number of amides is 2. The van der Waals surface area contributed by atoms with Gasteiger partial charge in [0.15, 0.2) is 0 Å². The van der Waals surface area contributed by atoms with Crippen LogP contribution in [0.3, 0.4) is 0 Å². The van der Waals surface area contributed by atoms with E-state index >= 15 is 0 Å². The van der Waals surface area contributed by atoms with E-state index in [1.54, 1.807) is 24.2 Å². The van der Waals surface area contributed by atoms with Crippen LogP contribution in [-0.4, -0.2) is 38.4 Å². The van der Waals surface area contributed by atoms with E-state index in [1.165, 1.54) is 12.3 Å². The molecule has 1 atom stereocenters. The highest BCUT2D eigenvalue weighted by molar-refractivity contribution is 5.91. The second kappa shape index (κ2) is 6.55. The molecule has 3 rings (SSSR count). The second-order valence-corrected chi connectivity index (χ2v) is 5.37. The molecule has 120 valence electrons. The van der Waals surface area contributed by atoms with Crippen LogP contribution in [0.15, 0.2) is 29.2 Å². The fourth-order valence-corrected chi connectivity index (χ4v) is 2.71. The van der Waals surface area contributed by atoms with Crippen LogP contribution in [-0.2, 0) is 11.3 Å². The van der Waals surface area contributed by atoms with E-state index in [4.69, 9.17) is 4.52 Å². The van der Waals surface area contributed by atoms with Crippen molar-refractivity contribution in [3.8, 4) is 0 Å². The van der Waals surface area contributed by atoms with Gasteiger partial charge in [0.2, 0.25) is 11.7 Å². The number of rotatable bonds is 4. The number of hydrogen-bond donors (Lipinski definition) is 1. The molecular formula is C15H17N5O3. The second-order valence-electron chi connectivity index (χ2n) is 5.37. The standard InChI is InChI=1S/C15H17N5O3/c1-10(21)20-6-2-3-13(20)12-9-16-7-11(19-12)8-17-15(22)14-4-5-18-23-14/h4-5,7,9,13H,2-3,6,8H2,1H3,(H,17,22)/t13-/m1/s1. The number of carbonyl (C=O) groups is 2. The van der Waals surface area contributed by atoms with E-state index in [1.807, 2.05) is 0 Å². The minimum atomic E-state index is -0.360. The Balaban J connectivity index is 1.68. The van der Waals surface area contributed by atoms with Crippen molar-refractivity contribution >= 4 is 11.8 Å². The molecule has 3 heterocycles. The monoisotopic (exact) mass is 315 g/mol. The summed E-state index contributed by atoms with van der Waals surface area (Å²) in [5.41, 5.74) is 1.38. The van der Waals surface area contributed by atoms with Crippen molar-refractivity contribution < 1.29 is 14.1 Å². The Morgan fingerprint density at radius 1 is 1.43 bits per heavy atom. The summed E-state index contributed by atoms with van der Waals surface area (Å²) in [6.07, 6.45) is 6.51. The maximum atomic E-state index is 11.8. The zero-order chi connectivity index (χ0) is 16.2. The molecular weight excluding hydrogens is 298 g/mol. The third-order valence-corrected chi connectivity index (χ3v) is 3.79. The predicted molar refractivity (Wildman–Crippen MR) is 79.1 cm³/mol. The van der Waals surface area contributed by atoms with Gasteiger partial charge in [0.1, 0.15) is 0 Å². The smallest absolute Gasteiger partial charge is 0.290 e. The van der Waals surface area contributed by atoms with Crippen LogP contribution in [0.25, 0.3) is 0 Å². The van der Waals surface area contributed by atoms with Gasteiger partial charge >= 0.3 is 0 Å². The Morgan fingerprint density at radius 3 is 3.04 bits per heavy atom. The summed E-state index contributed by atoms with van der Waals surface area (Å²) < 4.78 is 4.79. The SMILES string of the molecule is CC(=O)N1CCC[C@@H]1c1cncc(CNC(=O)c2ccno2)n1. The van der Waals surface area contributed by atoms with Gasteiger partial charge in [-0.15, -0.1) is 0 Å². The molecule has 0 bridgehead atoms. The lowest BCUT2D eigenvalue weighted by atomic mass is 10.1. The normalized spacial score (nSPS) is 17.3. The molecule has 1 N–H and O–H groups in total. The minimum Gasteiger partial charge on any atom is -0.351 e. The van der Waals surface area contributed by atoms with E-state index in [-0.39, 0.29) is 30.2 Å². The molecule has 2 amide bonds. The van der Waals surface area contributed by atoms with Crippen molar-refractivity contribution in [1.29, 1.82) is 0 Å². The molecule has 8 nitrogen and oxygen atoms in total. The van der Waals surface area contributed by atoms with E-state index in [0.29, 0.717) is 5.69 Å². The van der Waals surface area contributed by atoms with Gasteiger partial charge in [0.05, 0.1) is 42.6 Å². The molecule has 8 heteroatoms. The van der Waals surface area contributed by atoms with Gasteiger partial charge in [-0.25, -0.2) is 0 Å². The van der Waals surface area contributed by atoms with Gasteiger partial charge in [0.25, 0.3) is 5.91 Å². The van der Waals surface area contributed by atoms with E-state index in [0.717, 1.165) is 25.1 Å². The summed E-state index contributed by atoms with van der Waals surface area (Å²) >= 11 is 0. The average molecular weight is 315 g/mol. The van der Waals surface area contributed by atoms with Crippen molar-refractivity contribution in [2.75, 3.05) is 6.54 Å². The number of nitrogens with zero attached hydrogens (tertiary/aromatic N) is 4. The van der Waals surface area contributed by atoms with Crippen LogP contribution in [0.5, 0.6) is 0 Å². The van der Waals surface area contributed by atoms with Gasteiger partial charge in [-0.1, -0.05) is 5.16 Å². The van der Waals surface area contributed by atoms with Gasteiger partial charge in [-0.2, -0.15) is 0 Å². The molecule has 1 fully saturated rings. The maximum absolute atomic E-state index is 11.8. The number of aromatic nitrogens is 3. The Kier molecular flexibility index (Phi) is 4.31. The third-order valence-electron chi connectivity index (χ3n) is 3.79. The first-order valence-corrected chi connectivity index (χ1v) is 7.42. The van der Waals surface area contributed by atoms with E-state index < -0.39 is 0 Å². The van der Waals surface area contributed by atoms with Crippen molar-refractivity contribution in [1.82, 2.24) is 25.3 Å². The van der Waals surface area contributed by atoms with Crippen LogP contribution >= 0.6 is 0 Å². The van der Waals surface area contributed by atoms with Gasteiger partial charge in [-0.05, 0) is 12.8 Å². The van der Waals surface area contributed by atoms with Gasteiger partial charge < -0.3 is 14.7 Å². The summed E-state index contributed by atoms with van der Waals surface area (Å²) in [6, 6.07) is 1.45. The zero-order valence-corrected chi connectivity index (χ0v) is 12.7. The quantitative estimate of drug-likeness (QED) is 0.906. The zero-order valence-electron chi connectivity index (χ0n) is 12.7. The number of carbonyl (C=O) groups excluding carboxylic acids is 2. The van der Waals surface area contributed by atoms with Crippen LogP contribution in [0.4, 0.5) is 0 Å². The average Bonchev–Trinajstić information content (AvgIpc) is 3.23. The molecule has 0 aliphatic carbocycles. The largest absolute Gasteiger partial charge is 0.351 e. The lowest BCUT2D eigenvalue weighted by Crippen LogP contribution is -2.29. The lowest BCUT2D eigenvalue weighted by Gasteiger charge is -2.22. The van der Waals surface area contributed by atoms with Crippen molar-refractivity contribution in [2.45, 2.75) is 32.4 Å². The van der Waals surface area contributed by atoms with Gasteiger partial charge in [0, 0.05) is 19.5 Å². The van der Waals surface area contributed by atoms with Crippen LogP contribution in [0, 0.1) is 0 Å². The fourth-order valence-electron chi connectivity index (χ4n) is 2.71. The fraction of sp³-hybridized carbons (Fsp3) is 0.400. The van der Waals surface area contributed by atoms with Crippen LogP contribution in [0.2, 0.25) is 0 Å². The summed E-state index contributed by atoms with van der Waals surface area (Å²) in [5.74, 6) is -0.174. The van der Waals surface area contributed by atoms with Crippen molar-refractivity contribution in [3.63, 3.8) is 0 Å². The molecule has 1 saturated heterocycles. The molecule has 0 aromatic carbocycles. The topological polar surface area (TPSA) is 101 Å². The number of likely N-dealkylation sites (tertiary alicyclic amines) is 1. The summed E-state index contributed by atoms with van der Waals surface area (Å²) in [7, 11) is 0. The molecule has 2 aromatic heterocycles. The first kappa shape index (κ1) is 15.1. The van der Waals surface area contributed by atoms with Crippen LogP contribution < -0.4 is 5.32 Å². The lowest BCUT2D eigenvalue weighted by molar-refractivity contribution is -0.129. The van der Waals surface area contributed by atoms with Crippen molar-refractivity contribution in [3.05, 3.63) is 41.8 Å².